The van der Waals surface area contributed by atoms with Crippen molar-refractivity contribution >= 4 is 0 Å². The normalized spacial score (nSPS) is 15.1. The molecule has 0 aliphatic carbocycles. The number of aromatic nitrogens is 2. The lowest BCUT2D eigenvalue weighted by Crippen LogP contribution is -2.44. The summed E-state index contributed by atoms with van der Waals surface area (Å²) in [6, 6.07) is 0. The number of aryl methyl sites for hydroxylation is 2. The van der Waals surface area contributed by atoms with E-state index in [1.807, 2.05) is 12.4 Å². The van der Waals surface area contributed by atoms with E-state index in [1.165, 1.54) is 37.9 Å². The van der Waals surface area contributed by atoms with E-state index < -0.39 is 0 Å². The highest BCUT2D eigenvalue weighted by atomic mass is 15.0. The molecule has 0 radical (unpaired) electrons. The number of nitrogens with zero attached hydrogens (tertiary/aromatic N) is 2. The maximum absolute atomic E-state index is 4.48. The Hall–Kier alpha value is -0.830. The average Bonchev–Trinajstić information content (AvgIpc) is 2.83. The molecule has 0 fully saturated rings. The largest absolute Gasteiger partial charge is 0.338 e. The molecule has 0 saturated heterocycles. The minimum absolute atomic E-state index is 0.190. The van der Waals surface area contributed by atoms with Gasteiger partial charge in [0.2, 0.25) is 0 Å². The van der Waals surface area contributed by atoms with Crippen LogP contribution in [-0.4, -0.2) is 21.6 Å². The minimum Gasteiger partial charge on any atom is -0.338 e. The Morgan fingerprint density at radius 2 is 1.90 bits per heavy atom. The molecule has 0 amide bonds. The maximum Gasteiger partial charge on any atom is 0.108 e. The molecule has 0 aliphatic rings. The molecule has 0 aliphatic heterocycles. The molecule has 21 heavy (non-hydrogen) atoms. The molecule has 1 N–H and O–H groups in total. The zero-order valence-corrected chi connectivity index (χ0v) is 15.0. The van der Waals surface area contributed by atoms with Gasteiger partial charge in [0.15, 0.2) is 0 Å². The van der Waals surface area contributed by atoms with Crippen molar-refractivity contribution in [2.45, 2.75) is 78.7 Å². The van der Waals surface area contributed by atoms with Gasteiger partial charge in [0.1, 0.15) is 5.82 Å². The third kappa shape index (κ3) is 6.21. The van der Waals surface area contributed by atoms with Crippen LogP contribution in [0.15, 0.2) is 12.4 Å². The summed E-state index contributed by atoms with van der Waals surface area (Å²) in [5.41, 5.74) is 0.588. The van der Waals surface area contributed by atoms with Crippen molar-refractivity contribution < 1.29 is 0 Å². The zero-order valence-electron chi connectivity index (χ0n) is 15.0. The zero-order chi connectivity index (χ0) is 15.9. The molecule has 0 spiro atoms. The first kappa shape index (κ1) is 18.2. The molecule has 0 aromatic carbocycles. The topological polar surface area (TPSA) is 29.9 Å². The average molecular weight is 293 g/mol. The molecule has 1 rings (SSSR count). The maximum atomic E-state index is 4.48. The second-order valence-electron chi connectivity index (χ2n) is 7.52. The molecule has 3 nitrogen and oxygen atoms in total. The van der Waals surface area contributed by atoms with Gasteiger partial charge < -0.3 is 9.88 Å². The fourth-order valence-corrected chi connectivity index (χ4v) is 2.80. The van der Waals surface area contributed by atoms with Crippen molar-refractivity contribution in [3.8, 4) is 0 Å². The van der Waals surface area contributed by atoms with Gasteiger partial charge in [-0.2, -0.15) is 0 Å². The summed E-state index contributed by atoms with van der Waals surface area (Å²) in [7, 11) is 2.09. The van der Waals surface area contributed by atoms with E-state index in [4.69, 9.17) is 0 Å². The second-order valence-corrected chi connectivity index (χ2v) is 7.52. The van der Waals surface area contributed by atoms with Gasteiger partial charge in [-0.15, -0.1) is 0 Å². The van der Waals surface area contributed by atoms with E-state index in [-0.39, 0.29) is 5.54 Å². The smallest absolute Gasteiger partial charge is 0.108 e. The highest BCUT2D eigenvalue weighted by molar-refractivity contribution is 4.94. The summed E-state index contributed by atoms with van der Waals surface area (Å²) < 4.78 is 2.15. The Kier molecular flexibility index (Phi) is 6.92. The van der Waals surface area contributed by atoms with Gasteiger partial charge in [-0.3, -0.25) is 0 Å². The quantitative estimate of drug-likeness (QED) is 0.734. The van der Waals surface area contributed by atoms with Gasteiger partial charge in [0.25, 0.3) is 0 Å². The summed E-state index contributed by atoms with van der Waals surface area (Å²) in [6.45, 7) is 12.5. The Morgan fingerprint density at radius 3 is 2.38 bits per heavy atom. The van der Waals surface area contributed by atoms with Crippen LogP contribution in [0.1, 0.15) is 72.5 Å². The Labute approximate surface area is 131 Å². The van der Waals surface area contributed by atoms with E-state index in [9.17, 15) is 0 Å². The molecule has 1 heterocycles. The predicted molar refractivity (Wildman–Crippen MR) is 91.5 cm³/mol. The highest BCUT2D eigenvalue weighted by Crippen LogP contribution is 2.34. The van der Waals surface area contributed by atoms with E-state index in [0.29, 0.717) is 5.41 Å². The highest BCUT2D eigenvalue weighted by Gasteiger charge is 2.29. The first-order valence-corrected chi connectivity index (χ1v) is 8.53. The second kappa shape index (κ2) is 7.98. The first-order chi connectivity index (χ1) is 9.82. The number of unbranched alkanes of at least 4 members (excludes halogenated alkanes) is 1. The van der Waals surface area contributed by atoms with Crippen LogP contribution in [0.2, 0.25) is 0 Å². The minimum atomic E-state index is 0.190. The van der Waals surface area contributed by atoms with Gasteiger partial charge in [0.05, 0.1) is 0 Å². The van der Waals surface area contributed by atoms with Gasteiger partial charge in [-0.25, -0.2) is 4.98 Å². The molecule has 0 saturated carbocycles. The number of imidazole rings is 1. The van der Waals surface area contributed by atoms with Crippen molar-refractivity contribution in [3.05, 3.63) is 18.2 Å². The van der Waals surface area contributed by atoms with Crippen LogP contribution < -0.4 is 5.32 Å². The molecular formula is C18H35N3. The lowest BCUT2D eigenvalue weighted by molar-refractivity contribution is 0.190. The van der Waals surface area contributed by atoms with Crippen molar-refractivity contribution in [1.29, 1.82) is 0 Å². The van der Waals surface area contributed by atoms with E-state index >= 15 is 0 Å². The molecular weight excluding hydrogens is 258 g/mol. The van der Waals surface area contributed by atoms with Crippen LogP contribution in [-0.2, 0) is 13.5 Å². The van der Waals surface area contributed by atoms with Crippen molar-refractivity contribution in [2.75, 3.05) is 6.54 Å². The van der Waals surface area contributed by atoms with Gasteiger partial charge in [-0.1, -0.05) is 26.7 Å². The van der Waals surface area contributed by atoms with Crippen LogP contribution in [0.5, 0.6) is 0 Å². The lowest BCUT2D eigenvalue weighted by Gasteiger charge is -2.36. The van der Waals surface area contributed by atoms with Crippen LogP contribution in [0.25, 0.3) is 0 Å². The monoisotopic (exact) mass is 293 g/mol. The third-order valence-electron chi connectivity index (χ3n) is 4.60. The van der Waals surface area contributed by atoms with Crippen LogP contribution in [0, 0.1) is 5.41 Å². The molecule has 0 bridgehead atoms. The molecule has 1 unspecified atom stereocenters. The number of nitrogens with one attached hydrogen (secondary N) is 1. The standard InChI is InChI=1S/C18H35N3/c1-7-9-11-18(8-2,15-20-17(3,4)5)12-10-16-19-13-14-21(16)6/h13-14,20H,7-12,15H2,1-6H3. The van der Waals surface area contributed by atoms with E-state index in [0.717, 1.165) is 13.0 Å². The Morgan fingerprint density at radius 1 is 1.19 bits per heavy atom. The fourth-order valence-electron chi connectivity index (χ4n) is 2.80. The third-order valence-corrected chi connectivity index (χ3v) is 4.60. The Bertz CT molecular complexity index is 403. The van der Waals surface area contributed by atoms with Crippen LogP contribution >= 0.6 is 0 Å². The first-order valence-electron chi connectivity index (χ1n) is 8.53. The summed E-state index contributed by atoms with van der Waals surface area (Å²) in [4.78, 5) is 4.48. The van der Waals surface area contributed by atoms with Crippen molar-refractivity contribution in [1.82, 2.24) is 14.9 Å². The SMILES string of the molecule is CCCCC(CC)(CCc1nccn1C)CNC(C)(C)C. The Balaban J connectivity index is 2.71. The molecule has 1 aromatic heterocycles. The fraction of sp³-hybridized carbons (Fsp3) is 0.833. The van der Waals surface area contributed by atoms with Gasteiger partial charge in [-0.05, 0) is 45.4 Å². The van der Waals surface area contributed by atoms with Gasteiger partial charge in [0, 0.05) is 37.9 Å². The van der Waals surface area contributed by atoms with E-state index in [1.54, 1.807) is 0 Å². The van der Waals surface area contributed by atoms with Crippen LogP contribution in [0.4, 0.5) is 0 Å². The lowest BCUT2D eigenvalue weighted by atomic mass is 9.75. The van der Waals surface area contributed by atoms with Crippen molar-refractivity contribution in [3.63, 3.8) is 0 Å². The van der Waals surface area contributed by atoms with Crippen LogP contribution in [0.3, 0.4) is 0 Å². The number of rotatable bonds is 9. The number of hydrogen-bond donors (Lipinski definition) is 1. The molecule has 1 aromatic rings. The van der Waals surface area contributed by atoms with E-state index in [2.05, 4.69) is 56.5 Å². The van der Waals surface area contributed by atoms with Crippen molar-refractivity contribution in [2.24, 2.45) is 12.5 Å². The summed E-state index contributed by atoms with van der Waals surface area (Å²) in [5, 5.41) is 3.74. The molecule has 3 heteroatoms. The number of hydrogen-bond acceptors (Lipinski definition) is 2. The molecule has 1 atom stereocenters. The summed E-state index contributed by atoms with van der Waals surface area (Å²) in [5.74, 6) is 1.21. The summed E-state index contributed by atoms with van der Waals surface area (Å²) in [6.07, 6.45) is 11.4. The van der Waals surface area contributed by atoms with Gasteiger partial charge >= 0.3 is 0 Å². The summed E-state index contributed by atoms with van der Waals surface area (Å²) >= 11 is 0. The molecule has 122 valence electrons. The predicted octanol–water partition coefficient (Wildman–Crippen LogP) is 4.33.